The highest BCUT2D eigenvalue weighted by atomic mass is 32.1. The normalized spacial score (nSPS) is 14.7. The first-order valence-corrected chi connectivity index (χ1v) is 13.7. The second-order valence-electron chi connectivity index (χ2n) is 8.84. The Kier molecular flexibility index (Phi) is 9.00. The van der Waals surface area contributed by atoms with E-state index in [2.05, 4.69) is 16.9 Å². The zero-order chi connectivity index (χ0) is 28.8. The number of benzene rings is 2. The predicted octanol–water partition coefficient (Wildman–Crippen LogP) is 3.72. The standard InChI is InChI=1S/C30H31N3O6S/c1-6-15-39-23-14-11-21(17-24(23)37-7-2)27-26(29(36)38-8-3)18(4)31-30-33(27)28(35)25(40-30)16-20-9-12-22(13-10-20)32-19(5)34/h6,9-14,16-17,27H,1,7-8,15H2,2-5H3,(H,32,34)/b25-16+/t27-/m0/s1. The molecule has 0 aliphatic carbocycles. The van der Waals surface area contributed by atoms with Crippen molar-refractivity contribution < 1.29 is 23.8 Å². The van der Waals surface area contributed by atoms with Gasteiger partial charge in [-0.15, -0.1) is 0 Å². The van der Waals surface area contributed by atoms with E-state index < -0.39 is 12.0 Å². The van der Waals surface area contributed by atoms with E-state index in [-0.39, 0.29) is 23.6 Å². The highest BCUT2D eigenvalue weighted by Crippen LogP contribution is 2.36. The van der Waals surface area contributed by atoms with Gasteiger partial charge in [-0.1, -0.05) is 42.2 Å². The lowest BCUT2D eigenvalue weighted by atomic mass is 9.95. The fourth-order valence-electron chi connectivity index (χ4n) is 4.36. The number of ether oxygens (including phenoxy) is 3. The Morgan fingerprint density at radius 1 is 1.10 bits per heavy atom. The maximum atomic E-state index is 13.8. The van der Waals surface area contributed by atoms with E-state index in [9.17, 15) is 14.4 Å². The van der Waals surface area contributed by atoms with Gasteiger partial charge in [-0.05, 0) is 62.2 Å². The van der Waals surface area contributed by atoms with E-state index >= 15 is 0 Å². The van der Waals surface area contributed by atoms with E-state index in [0.29, 0.717) is 51.0 Å². The second-order valence-corrected chi connectivity index (χ2v) is 9.85. The van der Waals surface area contributed by atoms with Crippen molar-refractivity contribution in [3.05, 3.63) is 97.2 Å². The van der Waals surface area contributed by atoms with Crippen molar-refractivity contribution in [2.75, 3.05) is 25.1 Å². The molecule has 1 aliphatic rings. The summed E-state index contributed by atoms with van der Waals surface area (Å²) in [4.78, 5) is 43.4. The van der Waals surface area contributed by atoms with Crippen LogP contribution in [0, 0.1) is 0 Å². The summed E-state index contributed by atoms with van der Waals surface area (Å²) in [7, 11) is 0. The first-order valence-electron chi connectivity index (χ1n) is 12.8. The van der Waals surface area contributed by atoms with Gasteiger partial charge in [-0.3, -0.25) is 14.2 Å². The predicted molar refractivity (Wildman–Crippen MR) is 154 cm³/mol. The number of thiazole rings is 1. The summed E-state index contributed by atoms with van der Waals surface area (Å²) in [5, 5.41) is 2.73. The van der Waals surface area contributed by atoms with Gasteiger partial charge in [-0.25, -0.2) is 9.79 Å². The van der Waals surface area contributed by atoms with Gasteiger partial charge < -0.3 is 19.5 Å². The lowest BCUT2D eigenvalue weighted by Gasteiger charge is -2.25. The number of anilines is 1. The van der Waals surface area contributed by atoms with Crippen LogP contribution >= 0.6 is 11.3 Å². The van der Waals surface area contributed by atoms with Crippen molar-refractivity contribution in [2.45, 2.75) is 33.7 Å². The molecule has 0 spiro atoms. The van der Waals surface area contributed by atoms with Gasteiger partial charge in [0.2, 0.25) is 5.91 Å². The smallest absolute Gasteiger partial charge is 0.338 e. The highest BCUT2D eigenvalue weighted by molar-refractivity contribution is 7.07. The van der Waals surface area contributed by atoms with E-state index in [1.807, 2.05) is 19.1 Å². The van der Waals surface area contributed by atoms with Crippen LogP contribution in [0.2, 0.25) is 0 Å². The van der Waals surface area contributed by atoms with Crippen LogP contribution in [0.3, 0.4) is 0 Å². The molecule has 40 heavy (non-hydrogen) atoms. The molecule has 4 rings (SSSR count). The fourth-order valence-corrected chi connectivity index (χ4v) is 5.40. The fraction of sp³-hybridized carbons (Fsp3) is 0.267. The van der Waals surface area contributed by atoms with Crippen LogP contribution in [0.15, 0.2) is 76.2 Å². The van der Waals surface area contributed by atoms with Crippen LogP contribution in [-0.2, 0) is 14.3 Å². The second kappa shape index (κ2) is 12.6. The van der Waals surface area contributed by atoms with Gasteiger partial charge in [-0.2, -0.15) is 0 Å². The van der Waals surface area contributed by atoms with E-state index in [0.717, 1.165) is 5.56 Å². The highest BCUT2D eigenvalue weighted by Gasteiger charge is 2.34. The van der Waals surface area contributed by atoms with Crippen molar-refractivity contribution in [2.24, 2.45) is 4.99 Å². The molecule has 0 saturated carbocycles. The molecule has 0 unspecified atom stereocenters. The molecule has 1 atom stereocenters. The molecule has 10 heteroatoms. The summed E-state index contributed by atoms with van der Waals surface area (Å²) in [5.74, 6) is 0.309. The number of esters is 1. The number of amides is 1. The van der Waals surface area contributed by atoms with Crippen molar-refractivity contribution >= 4 is 35.0 Å². The largest absolute Gasteiger partial charge is 0.490 e. The van der Waals surface area contributed by atoms with Crippen LogP contribution in [-0.4, -0.2) is 36.3 Å². The summed E-state index contributed by atoms with van der Waals surface area (Å²) >= 11 is 1.23. The Bertz CT molecular complexity index is 1650. The van der Waals surface area contributed by atoms with Crippen LogP contribution in [0.4, 0.5) is 5.69 Å². The molecule has 208 valence electrons. The number of allylic oxidation sites excluding steroid dienone is 1. The molecule has 1 N–H and O–H groups in total. The quantitative estimate of drug-likeness (QED) is 0.299. The van der Waals surface area contributed by atoms with Gasteiger partial charge in [0.05, 0.1) is 35.1 Å². The van der Waals surface area contributed by atoms with Crippen molar-refractivity contribution in [3.63, 3.8) is 0 Å². The number of hydrogen-bond donors (Lipinski definition) is 1. The topological polar surface area (TPSA) is 108 Å². The number of hydrogen-bond acceptors (Lipinski definition) is 8. The van der Waals surface area contributed by atoms with Crippen molar-refractivity contribution in [1.82, 2.24) is 4.57 Å². The average Bonchev–Trinajstić information content (AvgIpc) is 3.22. The number of carbonyl (C=O) groups is 2. The molecule has 1 amide bonds. The third kappa shape index (κ3) is 6.07. The maximum absolute atomic E-state index is 13.8. The third-order valence-electron chi connectivity index (χ3n) is 5.99. The number of carbonyl (C=O) groups excluding carboxylic acids is 2. The zero-order valence-electron chi connectivity index (χ0n) is 22.9. The zero-order valence-corrected chi connectivity index (χ0v) is 23.7. The summed E-state index contributed by atoms with van der Waals surface area (Å²) in [6.45, 7) is 11.3. The van der Waals surface area contributed by atoms with Gasteiger partial charge in [0.25, 0.3) is 5.56 Å². The molecule has 9 nitrogen and oxygen atoms in total. The van der Waals surface area contributed by atoms with Crippen molar-refractivity contribution in [1.29, 1.82) is 0 Å². The summed E-state index contributed by atoms with van der Waals surface area (Å²) < 4.78 is 18.9. The Labute approximate surface area is 235 Å². The van der Waals surface area contributed by atoms with Gasteiger partial charge >= 0.3 is 5.97 Å². The minimum atomic E-state index is -0.785. The summed E-state index contributed by atoms with van der Waals surface area (Å²) in [5.41, 5.74) is 2.55. The minimum absolute atomic E-state index is 0.165. The lowest BCUT2D eigenvalue weighted by Crippen LogP contribution is -2.40. The molecule has 3 aromatic rings. The number of nitrogens with zero attached hydrogens (tertiary/aromatic N) is 2. The molecule has 0 saturated heterocycles. The van der Waals surface area contributed by atoms with Gasteiger partial charge in [0, 0.05) is 12.6 Å². The molecule has 2 aromatic carbocycles. The Hall–Kier alpha value is -4.44. The van der Waals surface area contributed by atoms with Crippen LogP contribution in [0.1, 0.15) is 44.9 Å². The Balaban J connectivity index is 1.88. The first kappa shape index (κ1) is 28.6. The van der Waals surface area contributed by atoms with E-state index in [1.165, 1.54) is 22.8 Å². The molecular weight excluding hydrogens is 530 g/mol. The molecule has 0 bridgehead atoms. The number of nitrogens with one attached hydrogen (secondary N) is 1. The molecule has 0 radical (unpaired) electrons. The lowest BCUT2D eigenvalue weighted by molar-refractivity contribution is -0.139. The maximum Gasteiger partial charge on any atom is 0.338 e. The van der Waals surface area contributed by atoms with Crippen molar-refractivity contribution in [3.8, 4) is 11.5 Å². The average molecular weight is 562 g/mol. The SMILES string of the molecule is C=CCOc1ccc([C@H]2C(C(=O)OCC)=C(C)N=c3s/c(=C/c4ccc(NC(C)=O)cc4)c(=O)n32)cc1OCC. The Morgan fingerprint density at radius 3 is 2.50 bits per heavy atom. The van der Waals surface area contributed by atoms with Gasteiger partial charge in [0.1, 0.15) is 6.61 Å². The number of fused-ring (bicyclic) bond motifs is 1. The molecular formula is C30H31N3O6S. The Morgan fingerprint density at radius 2 is 1.85 bits per heavy atom. The summed E-state index contributed by atoms with van der Waals surface area (Å²) in [6.07, 6.45) is 3.40. The van der Waals surface area contributed by atoms with Crippen LogP contribution < -0.4 is 29.7 Å². The van der Waals surface area contributed by atoms with Crippen LogP contribution in [0.25, 0.3) is 6.08 Å². The van der Waals surface area contributed by atoms with E-state index in [4.69, 9.17) is 14.2 Å². The number of aromatic nitrogens is 1. The first-order chi connectivity index (χ1) is 19.3. The summed E-state index contributed by atoms with van der Waals surface area (Å²) in [6, 6.07) is 11.7. The monoisotopic (exact) mass is 561 g/mol. The molecule has 2 heterocycles. The number of rotatable bonds is 10. The third-order valence-corrected chi connectivity index (χ3v) is 6.97. The van der Waals surface area contributed by atoms with E-state index in [1.54, 1.807) is 56.3 Å². The minimum Gasteiger partial charge on any atom is -0.490 e. The molecule has 0 fully saturated rings. The van der Waals surface area contributed by atoms with Crippen LogP contribution in [0.5, 0.6) is 11.5 Å². The molecule has 1 aliphatic heterocycles. The molecule has 1 aromatic heterocycles. The van der Waals surface area contributed by atoms with Gasteiger partial charge in [0.15, 0.2) is 16.3 Å².